The number of aryl methyl sites for hydroxylation is 2. The molecule has 118 valence electrons. The molecule has 3 rings (SSSR count). The first kappa shape index (κ1) is 15.0. The summed E-state index contributed by atoms with van der Waals surface area (Å²) < 4.78 is 1.82. The minimum atomic E-state index is 0.265. The molecule has 1 N–H and O–H groups in total. The largest absolute Gasteiger partial charge is 0.396 e. The second-order valence-corrected chi connectivity index (χ2v) is 6.06. The van der Waals surface area contributed by atoms with Crippen LogP contribution in [-0.2, 0) is 0 Å². The maximum Gasteiger partial charge on any atom is 0.176 e. The Morgan fingerprint density at radius 3 is 2.64 bits per heavy atom. The Balaban J connectivity index is 1.75. The minimum Gasteiger partial charge on any atom is -0.396 e. The van der Waals surface area contributed by atoms with Crippen molar-refractivity contribution in [1.29, 1.82) is 0 Å². The molecule has 1 saturated heterocycles. The Bertz CT molecular complexity index is 620. The number of aliphatic hydroxyl groups is 1. The van der Waals surface area contributed by atoms with Crippen LogP contribution in [-0.4, -0.2) is 44.8 Å². The molecule has 1 fully saturated rings. The van der Waals surface area contributed by atoms with Crippen LogP contribution >= 0.6 is 0 Å². The molecule has 1 aliphatic rings. The Kier molecular flexibility index (Phi) is 4.38. The van der Waals surface area contributed by atoms with Crippen LogP contribution in [0.15, 0.2) is 18.2 Å². The second kappa shape index (κ2) is 6.44. The van der Waals surface area contributed by atoms with E-state index in [1.807, 2.05) is 36.7 Å². The van der Waals surface area contributed by atoms with E-state index < -0.39 is 0 Å². The van der Waals surface area contributed by atoms with Gasteiger partial charge in [0.15, 0.2) is 11.6 Å². The van der Waals surface area contributed by atoms with Crippen LogP contribution in [0.1, 0.15) is 30.7 Å². The van der Waals surface area contributed by atoms with Crippen LogP contribution < -0.4 is 4.90 Å². The minimum absolute atomic E-state index is 0.265. The van der Waals surface area contributed by atoms with Gasteiger partial charge in [-0.3, -0.25) is 0 Å². The highest BCUT2D eigenvalue weighted by Crippen LogP contribution is 2.23. The molecule has 1 atom stereocenters. The van der Waals surface area contributed by atoms with Crippen molar-refractivity contribution in [2.24, 2.45) is 5.92 Å². The standard InChI is InChI=1S/C16H23N5O/c1-12-10-13(2)21(19-12)16-6-5-15(17-18-16)20-8-3-4-14(11-20)7-9-22/h5-6,10,14,22H,3-4,7-9,11H2,1-2H3. The van der Waals surface area contributed by atoms with Gasteiger partial charge in [-0.15, -0.1) is 10.2 Å². The molecular weight excluding hydrogens is 278 g/mol. The average molecular weight is 301 g/mol. The normalized spacial score (nSPS) is 18.7. The Hall–Kier alpha value is -1.95. The molecule has 6 heteroatoms. The van der Waals surface area contributed by atoms with Crippen molar-refractivity contribution in [1.82, 2.24) is 20.0 Å². The van der Waals surface area contributed by atoms with Crippen molar-refractivity contribution in [3.8, 4) is 5.82 Å². The molecule has 3 heterocycles. The zero-order chi connectivity index (χ0) is 15.5. The molecule has 0 aliphatic carbocycles. The summed E-state index contributed by atoms with van der Waals surface area (Å²) in [5, 5.41) is 22.2. The quantitative estimate of drug-likeness (QED) is 0.934. The van der Waals surface area contributed by atoms with Gasteiger partial charge in [-0.1, -0.05) is 0 Å². The number of anilines is 1. The summed E-state index contributed by atoms with van der Waals surface area (Å²) in [5.41, 5.74) is 2.03. The Morgan fingerprint density at radius 2 is 2.00 bits per heavy atom. The van der Waals surface area contributed by atoms with Gasteiger partial charge >= 0.3 is 0 Å². The number of rotatable bonds is 4. The molecular formula is C16H23N5O. The molecule has 2 aromatic rings. The van der Waals surface area contributed by atoms with E-state index in [0.717, 1.165) is 49.0 Å². The zero-order valence-electron chi connectivity index (χ0n) is 13.2. The molecule has 22 heavy (non-hydrogen) atoms. The Morgan fingerprint density at radius 1 is 1.23 bits per heavy atom. The second-order valence-electron chi connectivity index (χ2n) is 6.06. The fraction of sp³-hybridized carbons (Fsp3) is 0.562. The van der Waals surface area contributed by atoms with E-state index in [1.165, 1.54) is 6.42 Å². The van der Waals surface area contributed by atoms with Gasteiger partial charge in [-0.25, -0.2) is 4.68 Å². The highest BCUT2D eigenvalue weighted by Gasteiger charge is 2.20. The number of hydrogen-bond donors (Lipinski definition) is 1. The first-order valence-corrected chi connectivity index (χ1v) is 7.90. The van der Waals surface area contributed by atoms with E-state index in [9.17, 15) is 0 Å². The van der Waals surface area contributed by atoms with Crippen molar-refractivity contribution < 1.29 is 5.11 Å². The summed E-state index contributed by atoms with van der Waals surface area (Å²) in [6, 6.07) is 6.01. The number of piperidine rings is 1. The lowest BCUT2D eigenvalue weighted by Crippen LogP contribution is -2.36. The van der Waals surface area contributed by atoms with Crippen LogP contribution in [0.3, 0.4) is 0 Å². The molecule has 0 saturated carbocycles. The van der Waals surface area contributed by atoms with Crippen LogP contribution in [0, 0.1) is 19.8 Å². The fourth-order valence-corrected chi connectivity index (χ4v) is 3.15. The lowest BCUT2D eigenvalue weighted by molar-refractivity contribution is 0.244. The van der Waals surface area contributed by atoms with E-state index >= 15 is 0 Å². The molecule has 0 aromatic carbocycles. The van der Waals surface area contributed by atoms with Gasteiger partial charge in [0.25, 0.3) is 0 Å². The van der Waals surface area contributed by atoms with Gasteiger partial charge < -0.3 is 10.0 Å². The van der Waals surface area contributed by atoms with E-state index in [2.05, 4.69) is 20.2 Å². The molecule has 1 unspecified atom stereocenters. The van der Waals surface area contributed by atoms with Gasteiger partial charge in [0.1, 0.15) is 0 Å². The van der Waals surface area contributed by atoms with E-state index in [4.69, 9.17) is 5.11 Å². The predicted octanol–water partition coefficient (Wildman–Crippen LogP) is 1.88. The lowest BCUT2D eigenvalue weighted by atomic mass is 9.95. The monoisotopic (exact) mass is 301 g/mol. The third-order valence-electron chi connectivity index (χ3n) is 4.24. The third-order valence-corrected chi connectivity index (χ3v) is 4.24. The van der Waals surface area contributed by atoms with Gasteiger partial charge in [-0.05, 0) is 57.2 Å². The summed E-state index contributed by atoms with van der Waals surface area (Å²) in [5.74, 6) is 2.21. The van der Waals surface area contributed by atoms with Gasteiger partial charge in [0.2, 0.25) is 0 Å². The summed E-state index contributed by atoms with van der Waals surface area (Å²) in [4.78, 5) is 2.27. The van der Waals surface area contributed by atoms with E-state index in [1.54, 1.807) is 0 Å². The van der Waals surface area contributed by atoms with Crippen molar-refractivity contribution >= 4 is 5.82 Å². The maximum atomic E-state index is 9.11. The van der Waals surface area contributed by atoms with Gasteiger partial charge in [-0.2, -0.15) is 5.10 Å². The molecule has 2 aromatic heterocycles. The summed E-state index contributed by atoms with van der Waals surface area (Å²) in [7, 11) is 0. The third kappa shape index (κ3) is 3.11. The first-order valence-electron chi connectivity index (χ1n) is 7.90. The van der Waals surface area contributed by atoms with Crippen molar-refractivity contribution in [3.63, 3.8) is 0 Å². The van der Waals surface area contributed by atoms with Crippen LogP contribution in [0.4, 0.5) is 5.82 Å². The van der Waals surface area contributed by atoms with Gasteiger partial charge in [0.05, 0.1) is 5.69 Å². The number of hydrogen-bond acceptors (Lipinski definition) is 5. The fourth-order valence-electron chi connectivity index (χ4n) is 3.15. The van der Waals surface area contributed by atoms with Crippen molar-refractivity contribution in [2.45, 2.75) is 33.1 Å². The summed E-state index contributed by atoms with van der Waals surface area (Å²) >= 11 is 0. The number of nitrogens with zero attached hydrogens (tertiary/aromatic N) is 5. The summed E-state index contributed by atoms with van der Waals surface area (Å²) in [6.45, 7) is 6.21. The topological polar surface area (TPSA) is 67.1 Å². The molecule has 0 amide bonds. The number of aliphatic hydroxyl groups excluding tert-OH is 1. The SMILES string of the molecule is Cc1cc(C)n(-c2ccc(N3CCCC(CCO)C3)nn2)n1. The highest BCUT2D eigenvalue weighted by atomic mass is 16.3. The van der Waals surface area contributed by atoms with E-state index in [-0.39, 0.29) is 6.61 Å². The average Bonchev–Trinajstić information content (AvgIpc) is 2.87. The Labute approximate surface area is 130 Å². The molecule has 6 nitrogen and oxygen atoms in total. The van der Waals surface area contributed by atoms with Crippen LogP contribution in [0.2, 0.25) is 0 Å². The first-order chi connectivity index (χ1) is 10.7. The molecule has 0 spiro atoms. The molecule has 0 bridgehead atoms. The predicted molar refractivity (Wildman–Crippen MR) is 85.3 cm³/mol. The summed E-state index contributed by atoms with van der Waals surface area (Å²) in [6.07, 6.45) is 3.20. The lowest BCUT2D eigenvalue weighted by Gasteiger charge is -2.33. The van der Waals surface area contributed by atoms with Crippen molar-refractivity contribution in [3.05, 3.63) is 29.6 Å². The van der Waals surface area contributed by atoms with Crippen molar-refractivity contribution in [2.75, 3.05) is 24.6 Å². The van der Waals surface area contributed by atoms with Crippen LogP contribution in [0.5, 0.6) is 0 Å². The van der Waals surface area contributed by atoms with E-state index in [0.29, 0.717) is 5.92 Å². The molecule has 1 aliphatic heterocycles. The maximum absolute atomic E-state index is 9.11. The molecule has 0 radical (unpaired) electrons. The highest BCUT2D eigenvalue weighted by molar-refractivity contribution is 5.40. The van der Waals surface area contributed by atoms with Crippen LogP contribution in [0.25, 0.3) is 5.82 Å². The van der Waals surface area contributed by atoms with Gasteiger partial charge in [0, 0.05) is 25.4 Å². The number of aromatic nitrogens is 4. The zero-order valence-corrected chi connectivity index (χ0v) is 13.2. The smallest absolute Gasteiger partial charge is 0.176 e.